The Morgan fingerprint density at radius 3 is 2.55 bits per heavy atom. The summed E-state index contributed by atoms with van der Waals surface area (Å²) in [4.78, 5) is 16.6. The van der Waals surface area contributed by atoms with E-state index in [4.69, 9.17) is 18.6 Å². The first-order chi connectivity index (χ1) is 16.0. The highest BCUT2D eigenvalue weighted by molar-refractivity contribution is 5.92. The van der Waals surface area contributed by atoms with Gasteiger partial charge in [0.05, 0.1) is 38.1 Å². The number of benzene rings is 2. The number of esters is 1. The lowest BCUT2D eigenvalue weighted by atomic mass is 9.94. The van der Waals surface area contributed by atoms with Gasteiger partial charge in [-0.25, -0.2) is 14.2 Å². The number of hydrogen-bond acceptors (Lipinski definition) is 6. The number of carbonyl (C=O) groups excluding carboxylic acids is 1. The van der Waals surface area contributed by atoms with E-state index in [1.54, 1.807) is 18.4 Å². The summed E-state index contributed by atoms with van der Waals surface area (Å²) in [6, 6.07) is 11.7. The number of carbonyl (C=O) groups is 1. The van der Waals surface area contributed by atoms with Gasteiger partial charge < -0.3 is 18.6 Å². The summed E-state index contributed by atoms with van der Waals surface area (Å²) in [7, 11) is 1.39. The molecule has 174 valence electrons. The van der Waals surface area contributed by atoms with Crippen LogP contribution < -0.4 is 0 Å². The second-order valence-electron chi connectivity index (χ2n) is 8.28. The predicted octanol–water partition coefficient (Wildman–Crippen LogP) is 5.62. The maximum atomic E-state index is 13.1. The summed E-state index contributed by atoms with van der Waals surface area (Å²) in [5.41, 5.74) is 3.70. The van der Waals surface area contributed by atoms with Gasteiger partial charge in [-0.2, -0.15) is 0 Å². The SMILES string of the molecule is COC(=O)c1c(C)cccc1CO[C@@H]1CCC[C@H](OCc2coc(-c3ccc(F)cc3)n2)C1. The van der Waals surface area contributed by atoms with E-state index in [1.807, 2.05) is 25.1 Å². The lowest BCUT2D eigenvalue weighted by molar-refractivity contribution is -0.0563. The molecule has 0 amide bonds. The van der Waals surface area contributed by atoms with Crippen LogP contribution in [0.1, 0.15) is 52.9 Å². The summed E-state index contributed by atoms with van der Waals surface area (Å²) in [6.45, 7) is 2.59. The number of rotatable bonds is 8. The van der Waals surface area contributed by atoms with E-state index in [0.717, 1.165) is 42.4 Å². The van der Waals surface area contributed by atoms with E-state index >= 15 is 0 Å². The molecule has 0 aliphatic heterocycles. The van der Waals surface area contributed by atoms with E-state index in [1.165, 1.54) is 19.2 Å². The lowest BCUT2D eigenvalue weighted by Crippen LogP contribution is -2.28. The van der Waals surface area contributed by atoms with Gasteiger partial charge in [0.2, 0.25) is 5.89 Å². The van der Waals surface area contributed by atoms with Crippen LogP contribution in [-0.4, -0.2) is 30.3 Å². The summed E-state index contributed by atoms with van der Waals surface area (Å²) in [5, 5.41) is 0. The molecule has 1 heterocycles. The Hall–Kier alpha value is -3.03. The average Bonchev–Trinajstić information content (AvgIpc) is 3.31. The van der Waals surface area contributed by atoms with Crippen molar-refractivity contribution in [3.05, 3.63) is 76.9 Å². The van der Waals surface area contributed by atoms with Crippen molar-refractivity contribution >= 4 is 5.97 Å². The molecule has 2 atom stereocenters. The van der Waals surface area contributed by atoms with Crippen molar-refractivity contribution < 1.29 is 27.8 Å². The molecule has 7 heteroatoms. The molecule has 4 rings (SSSR count). The van der Waals surface area contributed by atoms with Gasteiger partial charge in [-0.05, 0) is 68.0 Å². The lowest BCUT2D eigenvalue weighted by Gasteiger charge is -2.29. The van der Waals surface area contributed by atoms with Crippen LogP contribution in [0, 0.1) is 12.7 Å². The molecule has 0 radical (unpaired) electrons. The molecule has 0 unspecified atom stereocenters. The third-order valence-corrected chi connectivity index (χ3v) is 5.91. The van der Waals surface area contributed by atoms with Gasteiger partial charge in [0.25, 0.3) is 0 Å². The van der Waals surface area contributed by atoms with Gasteiger partial charge in [-0.3, -0.25) is 0 Å². The fraction of sp³-hybridized carbons (Fsp3) is 0.385. The summed E-state index contributed by atoms with van der Waals surface area (Å²) in [6.07, 6.45) is 5.39. The third-order valence-electron chi connectivity index (χ3n) is 5.91. The quantitative estimate of drug-likeness (QED) is 0.412. The van der Waals surface area contributed by atoms with Crippen molar-refractivity contribution in [2.24, 2.45) is 0 Å². The minimum atomic E-state index is -0.343. The Labute approximate surface area is 192 Å². The fourth-order valence-corrected chi connectivity index (χ4v) is 4.16. The molecule has 0 spiro atoms. The van der Waals surface area contributed by atoms with Gasteiger partial charge in [-0.15, -0.1) is 0 Å². The Morgan fingerprint density at radius 2 is 1.82 bits per heavy atom. The largest absolute Gasteiger partial charge is 0.465 e. The Morgan fingerprint density at radius 1 is 1.09 bits per heavy atom. The predicted molar refractivity (Wildman–Crippen MR) is 120 cm³/mol. The normalized spacial score (nSPS) is 18.3. The molecule has 0 N–H and O–H groups in total. The molecule has 2 aromatic carbocycles. The van der Waals surface area contributed by atoms with Gasteiger partial charge >= 0.3 is 5.97 Å². The molecule has 0 bridgehead atoms. The fourth-order valence-electron chi connectivity index (χ4n) is 4.16. The highest BCUT2D eigenvalue weighted by atomic mass is 19.1. The Balaban J connectivity index is 1.30. The Bertz CT molecular complexity index is 1080. The van der Waals surface area contributed by atoms with Crippen molar-refractivity contribution in [2.45, 2.75) is 58.0 Å². The smallest absolute Gasteiger partial charge is 0.338 e. The topological polar surface area (TPSA) is 70.8 Å². The summed E-state index contributed by atoms with van der Waals surface area (Å²) >= 11 is 0. The van der Waals surface area contributed by atoms with Crippen LogP contribution in [0.25, 0.3) is 11.5 Å². The molecule has 1 saturated carbocycles. The molecular formula is C26H28FNO5. The second-order valence-corrected chi connectivity index (χ2v) is 8.28. The van der Waals surface area contributed by atoms with Crippen LogP contribution in [0.2, 0.25) is 0 Å². The zero-order valence-electron chi connectivity index (χ0n) is 18.9. The number of methoxy groups -OCH3 is 1. The molecular weight excluding hydrogens is 425 g/mol. The van der Waals surface area contributed by atoms with E-state index in [-0.39, 0.29) is 24.0 Å². The number of halogens is 1. The van der Waals surface area contributed by atoms with Crippen molar-refractivity contribution in [1.82, 2.24) is 4.98 Å². The molecule has 1 aromatic heterocycles. The zero-order chi connectivity index (χ0) is 23.2. The first-order valence-corrected chi connectivity index (χ1v) is 11.1. The summed E-state index contributed by atoms with van der Waals surface area (Å²) in [5.74, 6) is -0.200. The van der Waals surface area contributed by atoms with Crippen LogP contribution in [0.3, 0.4) is 0 Å². The van der Waals surface area contributed by atoms with Crippen LogP contribution in [0.5, 0.6) is 0 Å². The number of hydrogen-bond donors (Lipinski definition) is 0. The number of aryl methyl sites for hydroxylation is 1. The van der Waals surface area contributed by atoms with Crippen LogP contribution in [0.4, 0.5) is 4.39 Å². The van der Waals surface area contributed by atoms with Gasteiger partial charge in [0, 0.05) is 5.56 Å². The standard InChI is InChI=1S/C26H28FNO5/c1-17-5-3-6-19(24(17)26(29)30-2)14-31-22-7-4-8-23(13-22)32-15-21-16-33-25(28-21)18-9-11-20(27)12-10-18/h3,5-6,9-12,16,22-23H,4,7-8,13-15H2,1-2H3/t22-,23+/m1/s1. The number of ether oxygens (including phenoxy) is 3. The first kappa shape index (κ1) is 23.1. The molecule has 6 nitrogen and oxygen atoms in total. The number of oxazole rings is 1. The van der Waals surface area contributed by atoms with E-state index < -0.39 is 0 Å². The van der Waals surface area contributed by atoms with Crippen molar-refractivity contribution in [3.63, 3.8) is 0 Å². The molecule has 1 aliphatic carbocycles. The highest BCUT2D eigenvalue weighted by Gasteiger charge is 2.24. The van der Waals surface area contributed by atoms with Gasteiger partial charge in [-0.1, -0.05) is 18.2 Å². The van der Waals surface area contributed by atoms with Gasteiger partial charge in [0.15, 0.2) is 0 Å². The highest BCUT2D eigenvalue weighted by Crippen LogP contribution is 2.27. The number of nitrogens with zero attached hydrogens (tertiary/aromatic N) is 1. The van der Waals surface area contributed by atoms with Crippen molar-refractivity contribution in [1.29, 1.82) is 0 Å². The van der Waals surface area contributed by atoms with Crippen molar-refractivity contribution in [3.8, 4) is 11.5 Å². The zero-order valence-corrected chi connectivity index (χ0v) is 18.9. The average molecular weight is 454 g/mol. The minimum absolute atomic E-state index is 0.0573. The van der Waals surface area contributed by atoms with E-state index in [0.29, 0.717) is 30.4 Å². The van der Waals surface area contributed by atoms with Crippen LogP contribution in [-0.2, 0) is 27.4 Å². The summed E-state index contributed by atoms with van der Waals surface area (Å²) < 4.78 is 35.8. The van der Waals surface area contributed by atoms with Crippen molar-refractivity contribution in [2.75, 3.05) is 7.11 Å². The molecule has 33 heavy (non-hydrogen) atoms. The van der Waals surface area contributed by atoms with Crippen LogP contribution >= 0.6 is 0 Å². The Kier molecular flexibility index (Phi) is 7.52. The minimum Gasteiger partial charge on any atom is -0.465 e. The maximum Gasteiger partial charge on any atom is 0.338 e. The molecule has 1 aliphatic rings. The monoisotopic (exact) mass is 453 g/mol. The molecule has 0 saturated heterocycles. The van der Waals surface area contributed by atoms with E-state index in [9.17, 15) is 9.18 Å². The van der Waals surface area contributed by atoms with Gasteiger partial charge in [0.1, 0.15) is 17.8 Å². The number of aromatic nitrogens is 1. The molecule has 3 aromatic rings. The van der Waals surface area contributed by atoms with Crippen LogP contribution in [0.15, 0.2) is 53.1 Å². The third kappa shape index (κ3) is 5.86. The maximum absolute atomic E-state index is 13.1. The first-order valence-electron chi connectivity index (χ1n) is 11.1. The molecule has 1 fully saturated rings. The second kappa shape index (κ2) is 10.7. The van der Waals surface area contributed by atoms with E-state index in [2.05, 4.69) is 4.98 Å².